The van der Waals surface area contributed by atoms with Crippen LogP contribution in [0.2, 0.25) is 5.02 Å². The molecule has 1 aromatic carbocycles. The molecule has 0 radical (unpaired) electrons. The Kier molecular flexibility index (Phi) is 4.79. The van der Waals surface area contributed by atoms with Crippen molar-refractivity contribution in [2.45, 2.75) is 19.6 Å². The van der Waals surface area contributed by atoms with Crippen LogP contribution < -0.4 is 0 Å². The van der Waals surface area contributed by atoms with E-state index in [0.29, 0.717) is 0 Å². The smallest absolute Gasteiger partial charge is 0.0945 e. The van der Waals surface area contributed by atoms with E-state index in [1.807, 2.05) is 49.6 Å². The second-order valence-electron chi connectivity index (χ2n) is 5.79. The van der Waals surface area contributed by atoms with Crippen molar-refractivity contribution in [2.75, 3.05) is 0 Å². The number of benzene rings is 1. The Balaban J connectivity index is 1.77. The minimum absolute atomic E-state index is 0.763. The summed E-state index contributed by atoms with van der Waals surface area (Å²) in [5.74, 6) is 0. The van der Waals surface area contributed by atoms with Crippen molar-refractivity contribution in [3.05, 3.63) is 71.0 Å². The van der Waals surface area contributed by atoms with Crippen LogP contribution in [0.5, 0.6) is 0 Å². The first-order valence-electron chi connectivity index (χ1n) is 7.49. The monoisotopic (exact) mass is 329 g/mol. The molecule has 2 heterocycles. The van der Waals surface area contributed by atoms with Gasteiger partial charge in [-0.05, 0) is 17.7 Å². The average molecular weight is 330 g/mol. The average Bonchev–Trinajstić information content (AvgIpc) is 3.11. The molecule has 0 aliphatic heterocycles. The fraction of sp³-hybridized carbons (Fsp3) is 0.294. The molecule has 0 spiro atoms. The lowest BCUT2D eigenvalue weighted by Gasteiger charge is -2.22. The zero-order valence-corrected chi connectivity index (χ0v) is 14.1. The molecule has 120 valence electrons. The molecule has 5 nitrogen and oxygen atoms in total. The highest BCUT2D eigenvalue weighted by Crippen LogP contribution is 2.15. The van der Waals surface area contributed by atoms with Crippen LogP contribution in [0, 0.1) is 0 Å². The SMILES string of the molecule is Cn1cc(CN(Cc2ccc(Cl)cc2)Cc2cncn2C)cn1. The van der Waals surface area contributed by atoms with Gasteiger partial charge in [0.15, 0.2) is 0 Å². The van der Waals surface area contributed by atoms with E-state index >= 15 is 0 Å². The first-order valence-corrected chi connectivity index (χ1v) is 7.87. The van der Waals surface area contributed by atoms with Gasteiger partial charge in [0.2, 0.25) is 0 Å². The van der Waals surface area contributed by atoms with Crippen LogP contribution in [0.4, 0.5) is 0 Å². The summed E-state index contributed by atoms with van der Waals surface area (Å²) >= 11 is 5.98. The van der Waals surface area contributed by atoms with Gasteiger partial charge in [-0.3, -0.25) is 9.58 Å². The summed E-state index contributed by atoms with van der Waals surface area (Å²) in [5, 5.41) is 5.02. The van der Waals surface area contributed by atoms with E-state index in [0.717, 1.165) is 24.7 Å². The van der Waals surface area contributed by atoms with Gasteiger partial charge >= 0.3 is 0 Å². The summed E-state index contributed by atoms with van der Waals surface area (Å²) in [6.45, 7) is 2.51. The quantitative estimate of drug-likeness (QED) is 0.698. The standard InChI is InChI=1S/C17H20ClN5/c1-21-13-19-8-17(21)12-23(11-15-7-20-22(2)9-15)10-14-3-5-16(18)6-4-14/h3-9,13H,10-12H2,1-2H3. The number of imidazole rings is 1. The van der Waals surface area contributed by atoms with Crippen LogP contribution in [0.1, 0.15) is 16.8 Å². The molecule has 0 saturated heterocycles. The summed E-state index contributed by atoms with van der Waals surface area (Å²) in [6, 6.07) is 8.01. The van der Waals surface area contributed by atoms with Gasteiger partial charge < -0.3 is 4.57 Å². The summed E-state index contributed by atoms with van der Waals surface area (Å²) in [5.41, 5.74) is 3.62. The number of aryl methyl sites for hydroxylation is 2. The highest BCUT2D eigenvalue weighted by molar-refractivity contribution is 6.30. The molecule has 0 atom stereocenters. The second-order valence-corrected chi connectivity index (χ2v) is 6.23. The fourth-order valence-corrected chi connectivity index (χ4v) is 2.72. The van der Waals surface area contributed by atoms with Crippen molar-refractivity contribution in [1.82, 2.24) is 24.2 Å². The van der Waals surface area contributed by atoms with Gasteiger partial charge in [0.25, 0.3) is 0 Å². The number of hydrogen-bond donors (Lipinski definition) is 0. The number of halogens is 1. The third kappa shape index (κ3) is 4.21. The number of nitrogens with zero attached hydrogens (tertiary/aromatic N) is 5. The summed E-state index contributed by atoms with van der Waals surface area (Å²) in [6.07, 6.45) is 7.72. The predicted molar refractivity (Wildman–Crippen MR) is 90.8 cm³/mol. The predicted octanol–water partition coefficient (Wildman–Crippen LogP) is 3.01. The lowest BCUT2D eigenvalue weighted by molar-refractivity contribution is 0.242. The first-order chi connectivity index (χ1) is 11.1. The molecule has 0 bridgehead atoms. The number of aromatic nitrogens is 4. The molecular formula is C17H20ClN5. The molecule has 0 amide bonds. The fourth-order valence-electron chi connectivity index (χ4n) is 2.59. The summed E-state index contributed by atoms with van der Waals surface area (Å²) in [7, 11) is 3.96. The Morgan fingerprint density at radius 2 is 1.74 bits per heavy atom. The molecule has 23 heavy (non-hydrogen) atoms. The second kappa shape index (κ2) is 6.98. The number of rotatable bonds is 6. The molecule has 0 saturated carbocycles. The summed E-state index contributed by atoms with van der Waals surface area (Å²) < 4.78 is 3.89. The highest BCUT2D eigenvalue weighted by Gasteiger charge is 2.11. The Bertz CT molecular complexity index is 759. The van der Waals surface area contributed by atoms with Gasteiger partial charge in [-0.15, -0.1) is 0 Å². The van der Waals surface area contributed by atoms with Crippen LogP contribution in [0.3, 0.4) is 0 Å². The first kappa shape index (κ1) is 15.8. The molecule has 0 aliphatic carbocycles. The zero-order valence-electron chi connectivity index (χ0n) is 13.4. The van der Waals surface area contributed by atoms with Gasteiger partial charge in [0, 0.05) is 56.7 Å². The van der Waals surface area contributed by atoms with Gasteiger partial charge in [-0.25, -0.2) is 4.98 Å². The van der Waals surface area contributed by atoms with E-state index in [4.69, 9.17) is 11.6 Å². The van der Waals surface area contributed by atoms with E-state index in [1.54, 1.807) is 0 Å². The maximum Gasteiger partial charge on any atom is 0.0945 e. The van der Waals surface area contributed by atoms with E-state index in [1.165, 1.54) is 16.8 Å². The van der Waals surface area contributed by atoms with Crippen LogP contribution in [0.15, 0.2) is 49.2 Å². The molecule has 0 fully saturated rings. The van der Waals surface area contributed by atoms with Crippen LogP contribution >= 0.6 is 11.6 Å². The minimum atomic E-state index is 0.763. The van der Waals surface area contributed by atoms with Crippen molar-refractivity contribution < 1.29 is 0 Å². The highest BCUT2D eigenvalue weighted by atomic mass is 35.5. The third-order valence-electron chi connectivity index (χ3n) is 3.79. The van der Waals surface area contributed by atoms with E-state index < -0.39 is 0 Å². The number of hydrogen-bond acceptors (Lipinski definition) is 3. The van der Waals surface area contributed by atoms with Gasteiger partial charge in [-0.1, -0.05) is 23.7 Å². The molecular weight excluding hydrogens is 310 g/mol. The van der Waals surface area contributed by atoms with Crippen LogP contribution in [0.25, 0.3) is 0 Å². The molecule has 0 unspecified atom stereocenters. The Labute approximate surface area is 141 Å². The molecule has 0 N–H and O–H groups in total. The largest absolute Gasteiger partial charge is 0.337 e. The van der Waals surface area contributed by atoms with Crippen molar-refractivity contribution in [3.8, 4) is 0 Å². The lowest BCUT2D eigenvalue weighted by Crippen LogP contribution is -2.23. The maximum absolute atomic E-state index is 5.98. The Morgan fingerprint density at radius 1 is 1.00 bits per heavy atom. The molecule has 2 aromatic heterocycles. The molecule has 0 aliphatic rings. The maximum atomic E-state index is 5.98. The molecule has 3 aromatic rings. The van der Waals surface area contributed by atoms with Crippen LogP contribution in [-0.2, 0) is 33.7 Å². The van der Waals surface area contributed by atoms with Crippen molar-refractivity contribution in [2.24, 2.45) is 14.1 Å². The van der Waals surface area contributed by atoms with Crippen molar-refractivity contribution >= 4 is 11.6 Å². The summed E-state index contributed by atoms with van der Waals surface area (Å²) in [4.78, 5) is 6.58. The Hall–Kier alpha value is -2.11. The lowest BCUT2D eigenvalue weighted by atomic mass is 10.2. The van der Waals surface area contributed by atoms with E-state index in [-0.39, 0.29) is 0 Å². The van der Waals surface area contributed by atoms with E-state index in [9.17, 15) is 0 Å². The molecule has 6 heteroatoms. The zero-order chi connectivity index (χ0) is 16.2. The molecule has 3 rings (SSSR count). The van der Waals surface area contributed by atoms with Gasteiger partial charge in [0.05, 0.1) is 18.2 Å². The Morgan fingerprint density at radius 3 is 2.35 bits per heavy atom. The normalized spacial score (nSPS) is 11.3. The topological polar surface area (TPSA) is 38.9 Å². The van der Waals surface area contributed by atoms with Gasteiger partial charge in [0.1, 0.15) is 0 Å². The minimum Gasteiger partial charge on any atom is -0.337 e. The van der Waals surface area contributed by atoms with Crippen molar-refractivity contribution in [3.63, 3.8) is 0 Å². The third-order valence-corrected chi connectivity index (χ3v) is 4.04. The van der Waals surface area contributed by atoms with Gasteiger partial charge in [-0.2, -0.15) is 5.10 Å². The van der Waals surface area contributed by atoms with Crippen molar-refractivity contribution in [1.29, 1.82) is 0 Å². The van der Waals surface area contributed by atoms with Crippen LogP contribution in [-0.4, -0.2) is 24.2 Å². The van der Waals surface area contributed by atoms with E-state index in [2.05, 4.69) is 37.9 Å².